The van der Waals surface area contributed by atoms with E-state index in [0.29, 0.717) is 28.2 Å². The minimum atomic E-state index is -0.307. The molecule has 0 atom stereocenters. The topological polar surface area (TPSA) is 82.9 Å². The van der Waals surface area contributed by atoms with E-state index in [1.54, 1.807) is 53.6 Å². The molecule has 8 nitrogen and oxygen atoms in total. The highest BCUT2D eigenvalue weighted by Gasteiger charge is 2.15. The Hall–Kier alpha value is -3.88. The third-order valence-corrected chi connectivity index (χ3v) is 4.70. The van der Waals surface area contributed by atoms with Crippen LogP contribution in [0, 0.1) is 19.7 Å². The molecule has 0 bridgehead atoms. The molecule has 5 rings (SSSR count). The molecule has 0 amide bonds. The standard InChI is InChI=1S/C19H14FN7O/c1-11-23-24-12(2)27(11)25-8-7-17-16(19(25)28)9-21-18-15(10-22-26(17)18)13-3-5-14(20)6-4-13/h3-10H,1-2H3. The molecule has 4 heterocycles. The minimum absolute atomic E-state index is 0.253. The molecule has 0 aliphatic rings. The lowest BCUT2D eigenvalue weighted by Crippen LogP contribution is -2.27. The smallest absolute Gasteiger partial charge is 0.267 e. The van der Waals surface area contributed by atoms with Crippen LogP contribution in [0.2, 0.25) is 0 Å². The molecule has 138 valence electrons. The summed E-state index contributed by atoms with van der Waals surface area (Å²) in [6.07, 6.45) is 4.86. The third kappa shape index (κ3) is 2.26. The van der Waals surface area contributed by atoms with Crippen LogP contribution in [0.15, 0.2) is 53.7 Å². The molecule has 0 unspecified atom stereocenters. The number of hydrogen-bond acceptors (Lipinski definition) is 5. The van der Waals surface area contributed by atoms with Crippen molar-refractivity contribution in [2.24, 2.45) is 0 Å². The summed E-state index contributed by atoms with van der Waals surface area (Å²) in [5.74, 6) is 0.898. The van der Waals surface area contributed by atoms with Crippen LogP contribution in [0.5, 0.6) is 0 Å². The van der Waals surface area contributed by atoms with Crippen LogP contribution in [0.1, 0.15) is 11.6 Å². The molecule has 0 fully saturated rings. The molecule has 0 radical (unpaired) electrons. The monoisotopic (exact) mass is 375 g/mol. The van der Waals surface area contributed by atoms with E-state index in [0.717, 1.165) is 11.1 Å². The van der Waals surface area contributed by atoms with Gasteiger partial charge in [-0.25, -0.2) is 23.2 Å². The van der Waals surface area contributed by atoms with Crippen molar-refractivity contribution < 1.29 is 4.39 Å². The third-order valence-electron chi connectivity index (χ3n) is 4.70. The lowest BCUT2D eigenvalue weighted by atomic mass is 10.1. The van der Waals surface area contributed by atoms with Gasteiger partial charge in [0.05, 0.1) is 17.1 Å². The van der Waals surface area contributed by atoms with Gasteiger partial charge in [-0.3, -0.25) is 4.79 Å². The largest absolute Gasteiger partial charge is 0.280 e. The van der Waals surface area contributed by atoms with E-state index >= 15 is 0 Å². The number of nitrogens with zero attached hydrogens (tertiary/aromatic N) is 7. The molecule has 5 aromatic rings. The Kier molecular flexibility index (Phi) is 3.38. The fourth-order valence-corrected chi connectivity index (χ4v) is 3.37. The zero-order chi connectivity index (χ0) is 19.4. The van der Waals surface area contributed by atoms with Crippen molar-refractivity contribution in [2.45, 2.75) is 13.8 Å². The van der Waals surface area contributed by atoms with Crippen molar-refractivity contribution in [2.75, 3.05) is 0 Å². The predicted octanol–water partition coefficient (Wildman–Crippen LogP) is 2.37. The Balaban J connectivity index is 1.75. The van der Waals surface area contributed by atoms with Crippen LogP contribution in [0.3, 0.4) is 0 Å². The molecule has 0 aliphatic heterocycles. The van der Waals surface area contributed by atoms with Gasteiger partial charge in [-0.05, 0) is 37.6 Å². The number of aryl methyl sites for hydroxylation is 2. The molecular formula is C19H14FN7O. The maximum absolute atomic E-state index is 13.2. The Morgan fingerprint density at radius 2 is 1.68 bits per heavy atom. The van der Waals surface area contributed by atoms with Gasteiger partial charge in [-0.1, -0.05) is 12.1 Å². The van der Waals surface area contributed by atoms with Gasteiger partial charge < -0.3 is 0 Å². The summed E-state index contributed by atoms with van der Waals surface area (Å²) in [5, 5.41) is 12.8. The number of rotatable bonds is 2. The molecule has 4 aromatic heterocycles. The van der Waals surface area contributed by atoms with Crippen molar-refractivity contribution in [1.82, 2.24) is 34.1 Å². The van der Waals surface area contributed by atoms with Crippen molar-refractivity contribution in [3.63, 3.8) is 0 Å². The van der Waals surface area contributed by atoms with Gasteiger partial charge in [0.2, 0.25) is 0 Å². The number of halogens is 1. The Morgan fingerprint density at radius 1 is 0.964 bits per heavy atom. The number of fused-ring (bicyclic) bond motifs is 3. The van der Waals surface area contributed by atoms with E-state index in [9.17, 15) is 9.18 Å². The first-order valence-corrected chi connectivity index (χ1v) is 8.58. The zero-order valence-corrected chi connectivity index (χ0v) is 15.0. The Labute approximate surface area is 157 Å². The highest BCUT2D eigenvalue weighted by molar-refractivity contribution is 5.84. The summed E-state index contributed by atoms with van der Waals surface area (Å²) >= 11 is 0. The lowest BCUT2D eigenvalue weighted by molar-refractivity contribution is 0.594. The number of pyridine rings is 1. The zero-order valence-electron chi connectivity index (χ0n) is 15.0. The van der Waals surface area contributed by atoms with E-state index < -0.39 is 0 Å². The van der Waals surface area contributed by atoms with E-state index in [2.05, 4.69) is 20.3 Å². The lowest BCUT2D eigenvalue weighted by Gasteiger charge is -2.11. The summed E-state index contributed by atoms with van der Waals surface area (Å²) in [7, 11) is 0. The molecule has 28 heavy (non-hydrogen) atoms. The first-order valence-electron chi connectivity index (χ1n) is 8.58. The van der Waals surface area contributed by atoms with Gasteiger partial charge in [-0.2, -0.15) is 5.10 Å². The molecule has 9 heteroatoms. The summed E-state index contributed by atoms with van der Waals surface area (Å²) < 4.78 is 17.9. The molecular weight excluding hydrogens is 361 g/mol. The van der Waals surface area contributed by atoms with Gasteiger partial charge in [0.1, 0.15) is 17.5 Å². The second-order valence-corrected chi connectivity index (χ2v) is 6.43. The normalized spacial score (nSPS) is 11.5. The van der Waals surface area contributed by atoms with E-state index in [-0.39, 0.29) is 11.4 Å². The molecule has 0 N–H and O–H groups in total. The van der Waals surface area contributed by atoms with Crippen LogP contribution >= 0.6 is 0 Å². The highest BCUT2D eigenvalue weighted by Crippen LogP contribution is 2.25. The summed E-state index contributed by atoms with van der Waals surface area (Å²) in [6, 6.07) is 7.93. The van der Waals surface area contributed by atoms with Crippen molar-refractivity contribution in [3.05, 3.63) is 76.7 Å². The summed E-state index contributed by atoms with van der Waals surface area (Å²) in [6.45, 7) is 3.56. The molecule has 0 spiro atoms. The maximum Gasteiger partial charge on any atom is 0.280 e. The predicted molar refractivity (Wildman–Crippen MR) is 100 cm³/mol. The van der Waals surface area contributed by atoms with Crippen LogP contribution in [-0.2, 0) is 0 Å². The summed E-state index contributed by atoms with van der Waals surface area (Å²) in [5.41, 5.74) is 2.52. The number of benzene rings is 1. The summed E-state index contributed by atoms with van der Waals surface area (Å²) in [4.78, 5) is 17.5. The quantitative estimate of drug-likeness (QED) is 0.473. The number of hydrogen-bond donors (Lipinski definition) is 0. The minimum Gasteiger partial charge on any atom is -0.267 e. The van der Waals surface area contributed by atoms with Gasteiger partial charge in [0, 0.05) is 18.0 Å². The van der Waals surface area contributed by atoms with Crippen LogP contribution in [0.25, 0.3) is 27.7 Å². The van der Waals surface area contributed by atoms with Crippen LogP contribution in [-0.4, -0.2) is 34.1 Å². The second kappa shape index (κ2) is 5.81. The van der Waals surface area contributed by atoms with Crippen molar-refractivity contribution >= 4 is 16.6 Å². The maximum atomic E-state index is 13.2. The first-order chi connectivity index (χ1) is 13.5. The number of aromatic nitrogens is 7. The van der Waals surface area contributed by atoms with Crippen molar-refractivity contribution in [3.8, 4) is 11.1 Å². The van der Waals surface area contributed by atoms with Crippen molar-refractivity contribution in [1.29, 1.82) is 0 Å². The fraction of sp³-hybridized carbons (Fsp3) is 0.105. The van der Waals surface area contributed by atoms with Gasteiger partial charge in [0.25, 0.3) is 5.56 Å². The van der Waals surface area contributed by atoms with E-state index in [1.807, 2.05) is 0 Å². The SMILES string of the molecule is Cc1nnc(C)n1-n1ccc2c(cnc3c(-c4ccc(F)cc4)cnn32)c1=O. The Morgan fingerprint density at radius 3 is 2.39 bits per heavy atom. The average molecular weight is 375 g/mol. The van der Waals surface area contributed by atoms with Crippen LogP contribution in [0.4, 0.5) is 4.39 Å². The first kappa shape index (κ1) is 16.3. The van der Waals surface area contributed by atoms with Gasteiger partial charge >= 0.3 is 0 Å². The highest BCUT2D eigenvalue weighted by atomic mass is 19.1. The van der Waals surface area contributed by atoms with Crippen LogP contribution < -0.4 is 5.56 Å². The Bertz CT molecular complexity index is 1390. The second-order valence-electron chi connectivity index (χ2n) is 6.43. The van der Waals surface area contributed by atoms with Gasteiger partial charge in [-0.15, -0.1) is 10.2 Å². The van der Waals surface area contributed by atoms with E-state index in [1.165, 1.54) is 23.0 Å². The molecule has 1 aromatic carbocycles. The fourth-order valence-electron chi connectivity index (χ4n) is 3.37. The van der Waals surface area contributed by atoms with E-state index in [4.69, 9.17) is 0 Å². The molecule has 0 saturated heterocycles. The average Bonchev–Trinajstić information content (AvgIpc) is 3.27. The molecule has 0 aliphatic carbocycles. The molecule has 0 saturated carbocycles. The van der Waals surface area contributed by atoms with Gasteiger partial charge in [0.15, 0.2) is 5.65 Å².